The Bertz CT molecular complexity index is 368. The molecule has 0 aromatic heterocycles. The van der Waals surface area contributed by atoms with E-state index in [9.17, 15) is 14.7 Å². The third-order valence-corrected chi connectivity index (χ3v) is 4.59. The zero-order valence-electron chi connectivity index (χ0n) is 11.0. The number of piperidine rings is 1. The van der Waals surface area contributed by atoms with Gasteiger partial charge >= 0.3 is 11.9 Å². The zero-order chi connectivity index (χ0) is 14.0. The number of carboxylic acid groups (broad SMARTS) is 2. The quantitative estimate of drug-likeness (QED) is 0.551. The van der Waals surface area contributed by atoms with E-state index in [1.165, 1.54) is 0 Å². The van der Waals surface area contributed by atoms with Crippen LogP contribution in [0.4, 0.5) is 0 Å². The van der Waals surface area contributed by atoms with Gasteiger partial charge in [0.1, 0.15) is 5.54 Å². The molecule has 1 saturated heterocycles. The van der Waals surface area contributed by atoms with E-state index in [4.69, 9.17) is 10.8 Å². The average Bonchev–Trinajstić information content (AvgIpc) is 3.17. The van der Waals surface area contributed by atoms with E-state index in [1.54, 1.807) is 0 Å². The van der Waals surface area contributed by atoms with Crippen LogP contribution in [0.5, 0.6) is 0 Å². The van der Waals surface area contributed by atoms with Crippen LogP contribution in [-0.2, 0) is 9.59 Å². The van der Waals surface area contributed by atoms with Crippen LogP contribution in [0.1, 0.15) is 32.1 Å². The Kier molecular flexibility index (Phi) is 4.10. The molecule has 2 rings (SSSR count). The maximum Gasteiger partial charge on any atom is 0.323 e. The SMILES string of the molecule is N[C@@](CCC1CCNCC1)(C(=O)O)C1C[C@@H]1C(=O)O. The van der Waals surface area contributed by atoms with Crippen LogP contribution in [0.3, 0.4) is 0 Å². The number of carbonyl (C=O) groups is 2. The highest BCUT2D eigenvalue weighted by atomic mass is 16.4. The first kappa shape index (κ1) is 14.3. The van der Waals surface area contributed by atoms with Gasteiger partial charge in [-0.1, -0.05) is 0 Å². The van der Waals surface area contributed by atoms with Crippen molar-refractivity contribution in [3.63, 3.8) is 0 Å². The molecule has 0 radical (unpaired) electrons. The van der Waals surface area contributed by atoms with E-state index in [1.807, 2.05) is 0 Å². The largest absolute Gasteiger partial charge is 0.481 e. The Morgan fingerprint density at radius 3 is 2.37 bits per heavy atom. The number of nitrogens with one attached hydrogen (secondary N) is 1. The van der Waals surface area contributed by atoms with E-state index in [0.717, 1.165) is 32.4 Å². The van der Waals surface area contributed by atoms with Crippen LogP contribution in [-0.4, -0.2) is 40.8 Å². The summed E-state index contributed by atoms with van der Waals surface area (Å²) in [5.74, 6) is -2.47. The van der Waals surface area contributed by atoms with Gasteiger partial charge in [0.2, 0.25) is 0 Å². The lowest BCUT2D eigenvalue weighted by Gasteiger charge is -2.29. The maximum absolute atomic E-state index is 11.4. The van der Waals surface area contributed by atoms with Crippen molar-refractivity contribution in [1.82, 2.24) is 5.32 Å². The van der Waals surface area contributed by atoms with Crippen molar-refractivity contribution >= 4 is 11.9 Å². The molecule has 2 fully saturated rings. The van der Waals surface area contributed by atoms with Crippen molar-refractivity contribution < 1.29 is 19.8 Å². The third kappa shape index (κ3) is 3.06. The molecule has 2 aliphatic rings. The summed E-state index contributed by atoms with van der Waals surface area (Å²) in [5.41, 5.74) is 4.65. The summed E-state index contributed by atoms with van der Waals surface area (Å²) in [6.45, 7) is 1.94. The summed E-state index contributed by atoms with van der Waals surface area (Å²) < 4.78 is 0. The van der Waals surface area contributed by atoms with Gasteiger partial charge in [0.15, 0.2) is 0 Å². The van der Waals surface area contributed by atoms with Crippen molar-refractivity contribution in [2.45, 2.75) is 37.6 Å². The molecule has 6 nitrogen and oxygen atoms in total. The fraction of sp³-hybridized carbons (Fsp3) is 0.846. The maximum atomic E-state index is 11.4. The van der Waals surface area contributed by atoms with Crippen LogP contribution >= 0.6 is 0 Å². The van der Waals surface area contributed by atoms with Crippen LogP contribution in [0.25, 0.3) is 0 Å². The highest BCUT2D eigenvalue weighted by Gasteiger charge is 2.58. The van der Waals surface area contributed by atoms with Crippen molar-refractivity contribution in [1.29, 1.82) is 0 Å². The molecular weight excluding hydrogens is 248 g/mol. The molecule has 1 saturated carbocycles. The molecule has 0 amide bonds. The molecule has 108 valence electrons. The van der Waals surface area contributed by atoms with E-state index in [2.05, 4.69) is 5.32 Å². The van der Waals surface area contributed by atoms with Gasteiger partial charge in [0.25, 0.3) is 0 Å². The van der Waals surface area contributed by atoms with Gasteiger partial charge in [0.05, 0.1) is 5.92 Å². The molecule has 0 spiro atoms. The highest BCUT2D eigenvalue weighted by Crippen LogP contribution is 2.48. The first-order chi connectivity index (χ1) is 8.95. The predicted molar refractivity (Wildman–Crippen MR) is 68.6 cm³/mol. The molecule has 6 heteroatoms. The summed E-state index contributed by atoms with van der Waals surface area (Å²) in [6, 6.07) is 0. The van der Waals surface area contributed by atoms with Crippen LogP contribution in [0.15, 0.2) is 0 Å². The highest BCUT2D eigenvalue weighted by molar-refractivity contribution is 5.83. The van der Waals surface area contributed by atoms with Gasteiger partial charge in [-0.2, -0.15) is 0 Å². The minimum atomic E-state index is -1.37. The molecule has 0 aromatic rings. The molecular formula is C13H22N2O4. The van der Waals surface area contributed by atoms with Gasteiger partial charge in [-0.05, 0) is 51.1 Å². The van der Waals surface area contributed by atoms with Gasteiger partial charge in [-0.15, -0.1) is 0 Å². The normalized spacial score (nSPS) is 30.6. The van der Waals surface area contributed by atoms with Crippen LogP contribution in [0.2, 0.25) is 0 Å². The molecule has 19 heavy (non-hydrogen) atoms. The monoisotopic (exact) mass is 270 g/mol. The number of aliphatic carboxylic acids is 2. The second-order valence-corrected chi connectivity index (χ2v) is 5.86. The Morgan fingerprint density at radius 2 is 1.89 bits per heavy atom. The predicted octanol–water partition coefficient (Wildman–Crippen LogP) is 0.269. The standard InChI is InChI=1S/C13H22N2O4/c14-13(12(18)19,10-7-9(10)11(16)17)4-1-8-2-5-15-6-3-8/h8-10,15H,1-7,14H2,(H,16,17)(H,18,19)/t9-,10?,13+/m0/s1. The Morgan fingerprint density at radius 1 is 1.26 bits per heavy atom. The zero-order valence-corrected chi connectivity index (χ0v) is 11.0. The summed E-state index contributed by atoms with van der Waals surface area (Å²) in [7, 11) is 0. The smallest absolute Gasteiger partial charge is 0.323 e. The molecule has 1 aliphatic heterocycles. The first-order valence-corrected chi connectivity index (χ1v) is 6.91. The third-order valence-electron chi connectivity index (χ3n) is 4.59. The van der Waals surface area contributed by atoms with Crippen molar-refractivity contribution in [3.05, 3.63) is 0 Å². The Labute approximate surface area is 112 Å². The summed E-state index contributed by atoms with van der Waals surface area (Å²) in [4.78, 5) is 22.3. The minimum absolute atomic E-state index is 0.376. The topological polar surface area (TPSA) is 113 Å². The molecule has 5 N–H and O–H groups in total. The van der Waals surface area contributed by atoms with E-state index < -0.39 is 29.3 Å². The van der Waals surface area contributed by atoms with Gasteiger partial charge in [-0.3, -0.25) is 9.59 Å². The lowest BCUT2D eigenvalue weighted by Crippen LogP contribution is -2.51. The summed E-state index contributed by atoms with van der Waals surface area (Å²) in [5, 5.41) is 21.5. The lowest BCUT2D eigenvalue weighted by molar-refractivity contribution is -0.145. The average molecular weight is 270 g/mol. The molecule has 1 heterocycles. The van der Waals surface area contributed by atoms with Gasteiger partial charge in [0, 0.05) is 5.92 Å². The second kappa shape index (κ2) is 5.46. The van der Waals surface area contributed by atoms with Crippen LogP contribution in [0, 0.1) is 17.8 Å². The number of hydrogen-bond donors (Lipinski definition) is 4. The summed E-state index contributed by atoms with van der Waals surface area (Å²) in [6.07, 6.45) is 3.63. The van der Waals surface area contributed by atoms with Gasteiger partial charge < -0.3 is 21.3 Å². The van der Waals surface area contributed by atoms with Crippen molar-refractivity contribution in [2.75, 3.05) is 13.1 Å². The van der Waals surface area contributed by atoms with Crippen LogP contribution < -0.4 is 11.1 Å². The first-order valence-electron chi connectivity index (χ1n) is 6.91. The fourth-order valence-corrected chi connectivity index (χ4v) is 3.10. The summed E-state index contributed by atoms with van der Waals surface area (Å²) >= 11 is 0. The second-order valence-electron chi connectivity index (χ2n) is 5.86. The Hall–Kier alpha value is -1.14. The number of nitrogens with two attached hydrogens (primary N) is 1. The fourth-order valence-electron chi connectivity index (χ4n) is 3.10. The van der Waals surface area contributed by atoms with E-state index >= 15 is 0 Å². The van der Waals surface area contributed by atoms with Crippen molar-refractivity contribution in [3.8, 4) is 0 Å². The van der Waals surface area contributed by atoms with Crippen molar-refractivity contribution in [2.24, 2.45) is 23.5 Å². The lowest BCUT2D eigenvalue weighted by atomic mass is 9.82. The Balaban J connectivity index is 1.92. The van der Waals surface area contributed by atoms with E-state index in [0.29, 0.717) is 18.8 Å². The number of rotatable bonds is 6. The molecule has 1 aliphatic carbocycles. The van der Waals surface area contributed by atoms with E-state index in [-0.39, 0.29) is 0 Å². The molecule has 0 bridgehead atoms. The molecule has 0 aromatic carbocycles. The minimum Gasteiger partial charge on any atom is -0.481 e. The number of hydrogen-bond acceptors (Lipinski definition) is 4. The van der Waals surface area contributed by atoms with Gasteiger partial charge in [-0.25, -0.2) is 0 Å². The molecule has 1 unspecified atom stereocenters. The molecule has 3 atom stereocenters. The number of carboxylic acids is 2.